The number of amides is 2. The molecule has 2 rings (SSSR count). The standard InChI is InChI=1S/C15H20BrN3O3/c1-11-10-12(16)2-3-13(11)18-15(21)14(20)17-4-5-19-6-8-22-9-7-19/h2-3,10H,4-9H2,1H3,(H,17,20)(H,18,21). The van der Waals surface area contributed by atoms with Crippen molar-refractivity contribution in [2.45, 2.75) is 6.92 Å². The highest BCUT2D eigenvalue weighted by atomic mass is 79.9. The molecular formula is C15H20BrN3O3. The molecule has 0 aromatic heterocycles. The number of rotatable bonds is 4. The van der Waals surface area contributed by atoms with Gasteiger partial charge < -0.3 is 15.4 Å². The van der Waals surface area contributed by atoms with Crippen molar-refractivity contribution in [3.8, 4) is 0 Å². The first-order chi connectivity index (χ1) is 10.6. The molecule has 0 unspecified atom stereocenters. The minimum Gasteiger partial charge on any atom is -0.379 e. The van der Waals surface area contributed by atoms with Crippen LogP contribution in [0.15, 0.2) is 22.7 Å². The highest BCUT2D eigenvalue weighted by molar-refractivity contribution is 9.10. The predicted octanol–water partition coefficient (Wildman–Crippen LogP) is 1.14. The zero-order valence-corrected chi connectivity index (χ0v) is 14.1. The van der Waals surface area contributed by atoms with Gasteiger partial charge in [0.15, 0.2) is 0 Å². The third-order valence-corrected chi connectivity index (χ3v) is 3.95. The minimum absolute atomic E-state index is 0.450. The largest absolute Gasteiger partial charge is 0.379 e. The van der Waals surface area contributed by atoms with Crippen LogP contribution in [0.4, 0.5) is 5.69 Å². The lowest BCUT2D eigenvalue weighted by molar-refractivity contribution is -0.136. The Morgan fingerprint density at radius 3 is 2.68 bits per heavy atom. The van der Waals surface area contributed by atoms with Crippen molar-refractivity contribution < 1.29 is 14.3 Å². The van der Waals surface area contributed by atoms with Crippen molar-refractivity contribution in [2.75, 3.05) is 44.7 Å². The highest BCUT2D eigenvalue weighted by Crippen LogP contribution is 2.19. The molecule has 1 aliphatic heterocycles. The van der Waals surface area contributed by atoms with Crippen molar-refractivity contribution in [3.63, 3.8) is 0 Å². The number of hydrogen-bond acceptors (Lipinski definition) is 4. The van der Waals surface area contributed by atoms with E-state index >= 15 is 0 Å². The van der Waals surface area contributed by atoms with E-state index in [9.17, 15) is 9.59 Å². The van der Waals surface area contributed by atoms with E-state index in [-0.39, 0.29) is 0 Å². The topological polar surface area (TPSA) is 70.7 Å². The maximum Gasteiger partial charge on any atom is 0.313 e. The Morgan fingerprint density at radius 2 is 2.00 bits per heavy atom. The maximum absolute atomic E-state index is 11.9. The molecule has 1 fully saturated rings. The van der Waals surface area contributed by atoms with Gasteiger partial charge >= 0.3 is 11.8 Å². The summed E-state index contributed by atoms with van der Waals surface area (Å²) in [4.78, 5) is 25.8. The number of halogens is 1. The third kappa shape index (κ3) is 5.08. The fourth-order valence-corrected chi connectivity index (χ4v) is 2.65. The summed E-state index contributed by atoms with van der Waals surface area (Å²) in [6, 6.07) is 5.46. The fraction of sp³-hybridized carbons (Fsp3) is 0.467. The zero-order chi connectivity index (χ0) is 15.9. The number of hydrogen-bond donors (Lipinski definition) is 2. The predicted molar refractivity (Wildman–Crippen MR) is 87.8 cm³/mol. The Morgan fingerprint density at radius 1 is 1.27 bits per heavy atom. The summed E-state index contributed by atoms with van der Waals surface area (Å²) in [6.45, 7) is 6.21. The van der Waals surface area contributed by atoms with Crippen LogP contribution < -0.4 is 10.6 Å². The van der Waals surface area contributed by atoms with Crippen LogP contribution in [0, 0.1) is 6.92 Å². The molecule has 22 heavy (non-hydrogen) atoms. The van der Waals surface area contributed by atoms with Crippen LogP contribution in [0.1, 0.15) is 5.56 Å². The molecule has 0 spiro atoms. The van der Waals surface area contributed by atoms with Crippen molar-refractivity contribution >= 4 is 33.4 Å². The number of nitrogens with one attached hydrogen (secondary N) is 2. The summed E-state index contributed by atoms with van der Waals surface area (Å²) >= 11 is 3.36. The quantitative estimate of drug-likeness (QED) is 0.780. The first-order valence-electron chi connectivity index (χ1n) is 7.21. The van der Waals surface area contributed by atoms with Gasteiger partial charge in [-0.05, 0) is 30.7 Å². The molecule has 2 amide bonds. The van der Waals surface area contributed by atoms with Crippen molar-refractivity contribution in [2.24, 2.45) is 0 Å². The molecule has 0 atom stereocenters. The molecule has 1 saturated heterocycles. The number of anilines is 1. The number of ether oxygens (including phenoxy) is 1. The van der Waals surface area contributed by atoms with E-state index in [1.54, 1.807) is 6.07 Å². The molecule has 0 bridgehead atoms. The minimum atomic E-state index is -0.646. The normalized spacial score (nSPS) is 15.4. The van der Waals surface area contributed by atoms with Gasteiger partial charge in [0.2, 0.25) is 0 Å². The molecule has 1 aliphatic rings. The second kappa shape index (κ2) is 8.26. The molecule has 1 heterocycles. The van der Waals surface area contributed by atoms with Crippen molar-refractivity contribution in [3.05, 3.63) is 28.2 Å². The van der Waals surface area contributed by atoms with Gasteiger partial charge in [-0.2, -0.15) is 0 Å². The summed E-state index contributed by atoms with van der Waals surface area (Å²) in [6.07, 6.45) is 0. The average molecular weight is 370 g/mol. The van der Waals surface area contributed by atoms with E-state index in [0.717, 1.165) is 42.9 Å². The summed E-state index contributed by atoms with van der Waals surface area (Å²) in [7, 11) is 0. The van der Waals surface area contributed by atoms with E-state index in [1.165, 1.54) is 0 Å². The SMILES string of the molecule is Cc1cc(Br)ccc1NC(=O)C(=O)NCCN1CCOCC1. The molecule has 0 aliphatic carbocycles. The number of nitrogens with zero attached hydrogens (tertiary/aromatic N) is 1. The van der Waals surface area contributed by atoms with Crippen LogP contribution in [0.2, 0.25) is 0 Å². The Bertz CT molecular complexity index is 545. The third-order valence-electron chi connectivity index (χ3n) is 3.46. The molecular weight excluding hydrogens is 350 g/mol. The molecule has 7 heteroatoms. The van der Waals surface area contributed by atoms with E-state index in [1.807, 2.05) is 19.1 Å². The average Bonchev–Trinajstić information content (AvgIpc) is 2.51. The first kappa shape index (κ1) is 16.9. The van der Waals surface area contributed by atoms with Crippen LogP contribution >= 0.6 is 15.9 Å². The lowest BCUT2D eigenvalue weighted by atomic mass is 10.2. The second-order valence-electron chi connectivity index (χ2n) is 5.12. The lowest BCUT2D eigenvalue weighted by Gasteiger charge is -2.26. The molecule has 1 aromatic carbocycles. The van der Waals surface area contributed by atoms with Gasteiger partial charge in [-0.1, -0.05) is 15.9 Å². The van der Waals surface area contributed by atoms with Crippen LogP contribution in [0.25, 0.3) is 0 Å². The monoisotopic (exact) mass is 369 g/mol. The Hall–Kier alpha value is -1.44. The van der Waals surface area contributed by atoms with Gasteiger partial charge in [0.05, 0.1) is 13.2 Å². The number of benzene rings is 1. The van der Waals surface area contributed by atoms with E-state index in [0.29, 0.717) is 12.2 Å². The molecule has 0 radical (unpaired) electrons. The van der Waals surface area contributed by atoms with Crippen LogP contribution in [0.5, 0.6) is 0 Å². The van der Waals surface area contributed by atoms with Gasteiger partial charge in [-0.25, -0.2) is 0 Å². The molecule has 120 valence electrons. The smallest absolute Gasteiger partial charge is 0.313 e. The molecule has 0 saturated carbocycles. The van der Waals surface area contributed by atoms with E-state index < -0.39 is 11.8 Å². The van der Waals surface area contributed by atoms with Gasteiger partial charge in [-0.15, -0.1) is 0 Å². The Balaban J connectivity index is 1.75. The number of morpholine rings is 1. The molecule has 6 nitrogen and oxygen atoms in total. The molecule has 2 N–H and O–H groups in total. The van der Waals surface area contributed by atoms with Crippen LogP contribution in [0.3, 0.4) is 0 Å². The van der Waals surface area contributed by atoms with E-state index in [4.69, 9.17) is 4.74 Å². The van der Waals surface area contributed by atoms with Gasteiger partial charge in [0.1, 0.15) is 0 Å². The highest BCUT2D eigenvalue weighted by Gasteiger charge is 2.15. The van der Waals surface area contributed by atoms with Crippen molar-refractivity contribution in [1.82, 2.24) is 10.2 Å². The second-order valence-corrected chi connectivity index (χ2v) is 6.04. The number of aryl methyl sites for hydroxylation is 1. The number of carbonyl (C=O) groups is 2. The molecule has 1 aromatic rings. The first-order valence-corrected chi connectivity index (χ1v) is 8.01. The summed E-state index contributed by atoms with van der Waals surface area (Å²) in [5.74, 6) is -1.26. The summed E-state index contributed by atoms with van der Waals surface area (Å²) in [5.41, 5.74) is 1.53. The van der Waals surface area contributed by atoms with Gasteiger partial charge in [-0.3, -0.25) is 14.5 Å². The van der Waals surface area contributed by atoms with Crippen LogP contribution in [-0.2, 0) is 14.3 Å². The zero-order valence-electron chi connectivity index (χ0n) is 12.5. The fourth-order valence-electron chi connectivity index (χ4n) is 2.18. The van der Waals surface area contributed by atoms with Crippen LogP contribution in [-0.4, -0.2) is 56.1 Å². The Kier molecular flexibility index (Phi) is 6.35. The van der Waals surface area contributed by atoms with Crippen molar-refractivity contribution in [1.29, 1.82) is 0 Å². The van der Waals surface area contributed by atoms with Gasteiger partial charge in [0.25, 0.3) is 0 Å². The van der Waals surface area contributed by atoms with E-state index in [2.05, 4.69) is 31.5 Å². The van der Waals surface area contributed by atoms with Gasteiger partial charge in [0, 0.05) is 36.3 Å². The Labute approximate surface area is 138 Å². The maximum atomic E-state index is 11.9. The number of carbonyl (C=O) groups excluding carboxylic acids is 2. The summed E-state index contributed by atoms with van der Waals surface area (Å²) < 4.78 is 6.18. The summed E-state index contributed by atoms with van der Waals surface area (Å²) in [5, 5.41) is 5.26. The lowest BCUT2D eigenvalue weighted by Crippen LogP contribution is -2.43.